The molecule has 0 bridgehead atoms. The molecule has 0 aliphatic carbocycles. The summed E-state index contributed by atoms with van der Waals surface area (Å²) in [6.45, 7) is 0. The molecule has 0 N–H and O–H groups in total. The largest absolute Gasteiger partial charge is 0.481 e. The van der Waals surface area contributed by atoms with Gasteiger partial charge in [0, 0.05) is 15.8 Å². The van der Waals surface area contributed by atoms with Crippen molar-refractivity contribution >= 4 is 33.6 Å². The van der Waals surface area contributed by atoms with Crippen LogP contribution in [0.5, 0.6) is 5.88 Å². The van der Waals surface area contributed by atoms with Gasteiger partial charge in [0.15, 0.2) is 0 Å². The first-order chi connectivity index (χ1) is 6.31. The molecule has 0 saturated carbocycles. The van der Waals surface area contributed by atoms with E-state index in [0.29, 0.717) is 5.88 Å². The van der Waals surface area contributed by atoms with Crippen molar-refractivity contribution in [2.75, 3.05) is 7.11 Å². The molecule has 3 nitrogen and oxygen atoms in total. The number of aromatic nitrogens is 2. The van der Waals surface area contributed by atoms with Crippen LogP contribution in [0, 0.1) is 3.57 Å². The van der Waals surface area contributed by atoms with E-state index in [2.05, 4.69) is 32.6 Å². The Morgan fingerprint density at radius 2 is 2.15 bits per heavy atom. The molecule has 13 heavy (non-hydrogen) atoms. The number of nitrogens with zero attached hydrogens (tertiary/aromatic N) is 2. The lowest BCUT2D eigenvalue weighted by Crippen LogP contribution is -1.90. The molecule has 66 valence electrons. The summed E-state index contributed by atoms with van der Waals surface area (Å²) in [4.78, 5) is 8.50. The van der Waals surface area contributed by atoms with Gasteiger partial charge in [-0.05, 0) is 34.7 Å². The van der Waals surface area contributed by atoms with E-state index in [9.17, 15) is 0 Å². The average Bonchev–Trinajstić information content (AvgIpc) is 2.18. The SMILES string of the molecule is COc1ccc2nccc(I)c2n1. The Bertz CT molecular complexity index is 445. The van der Waals surface area contributed by atoms with Crippen LogP contribution in [-0.2, 0) is 0 Å². The lowest BCUT2D eigenvalue weighted by atomic mass is 10.3. The molecular weight excluding hydrogens is 279 g/mol. The second-order valence-corrected chi connectivity index (χ2v) is 3.68. The summed E-state index contributed by atoms with van der Waals surface area (Å²) < 4.78 is 6.12. The maximum Gasteiger partial charge on any atom is 0.213 e. The van der Waals surface area contributed by atoms with Crippen molar-refractivity contribution in [2.45, 2.75) is 0 Å². The van der Waals surface area contributed by atoms with Crippen molar-refractivity contribution in [1.82, 2.24) is 9.97 Å². The summed E-state index contributed by atoms with van der Waals surface area (Å²) in [6, 6.07) is 5.64. The summed E-state index contributed by atoms with van der Waals surface area (Å²) in [6.07, 6.45) is 1.78. The third-order valence-electron chi connectivity index (χ3n) is 1.72. The topological polar surface area (TPSA) is 35.0 Å². The molecule has 2 heterocycles. The van der Waals surface area contributed by atoms with Crippen LogP contribution >= 0.6 is 22.6 Å². The van der Waals surface area contributed by atoms with Crippen LogP contribution in [0.4, 0.5) is 0 Å². The highest BCUT2D eigenvalue weighted by molar-refractivity contribution is 14.1. The normalized spacial score (nSPS) is 10.3. The Morgan fingerprint density at radius 3 is 2.92 bits per heavy atom. The highest BCUT2D eigenvalue weighted by atomic mass is 127. The van der Waals surface area contributed by atoms with Crippen LogP contribution in [0.3, 0.4) is 0 Å². The quantitative estimate of drug-likeness (QED) is 0.754. The first kappa shape index (κ1) is 8.68. The van der Waals surface area contributed by atoms with Crippen molar-refractivity contribution in [3.05, 3.63) is 28.0 Å². The number of halogens is 1. The van der Waals surface area contributed by atoms with Gasteiger partial charge in [-0.1, -0.05) is 0 Å². The molecule has 0 spiro atoms. The maximum absolute atomic E-state index is 5.04. The van der Waals surface area contributed by atoms with Gasteiger partial charge < -0.3 is 4.74 Å². The molecule has 0 saturated heterocycles. The fourth-order valence-corrected chi connectivity index (χ4v) is 1.65. The zero-order valence-electron chi connectivity index (χ0n) is 6.99. The molecule has 2 aromatic heterocycles. The minimum absolute atomic E-state index is 0.624. The van der Waals surface area contributed by atoms with Gasteiger partial charge in [0.25, 0.3) is 0 Å². The summed E-state index contributed by atoms with van der Waals surface area (Å²) in [5.41, 5.74) is 1.79. The zero-order chi connectivity index (χ0) is 9.26. The standard InChI is InChI=1S/C9H7IN2O/c1-13-8-3-2-7-9(12-8)6(10)4-5-11-7/h2-5H,1H3. The van der Waals surface area contributed by atoms with Gasteiger partial charge in [-0.3, -0.25) is 4.98 Å². The van der Waals surface area contributed by atoms with Crippen molar-refractivity contribution in [3.63, 3.8) is 0 Å². The number of ether oxygens (including phenoxy) is 1. The van der Waals surface area contributed by atoms with Crippen molar-refractivity contribution in [3.8, 4) is 5.88 Å². The van der Waals surface area contributed by atoms with Crippen LogP contribution in [0.2, 0.25) is 0 Å². The summed E-state index contributed by atoms with van der Waals surface area (Å²) in [5.74, 6) is 0.624. The fourth-order valence-electron chi connectivity index (χ4n) is 1.09. The Kier molecular flexibility index (Phi) is 2.30. The number of fused-ring (bicyclic) bond motifs is 1. The lowest BCUT2D eigenvalue weighted by Gasteiger charge is -2.01. The maximum atomic E-state index is 5.04. The molecule has 0 fully saturated rings. The van der Waals surface area contributed by atoms with Crippen LogP contribution in [0.25, 0.3) is 11.0 Å². The molecule has 0 amide bonds. The molecule has 0 aromatic carbocycles. The first-order valence-corrected chi connectivity index (χ1v) is 4.84. The zero-order valence-corrected chi connectivity index (χ0v) is 9.15. The summed E-state index contributed by atoms with van der Waals surface area (Å²) >= 11 is 2.23. The lowest BCUT2D eigenvalue weighted by molar-refractivity contribution is 0.399. The number of rotatable bonds is 1. The Balaban J connectivity index is 2.74. The van der Waals surface area contributed by atoms with Crippen molar-refractivity contribution in [1.29, 1.82) is 0 Å². The van der Waals surface area contributed by atoms with E-state index in [1.165, 1.54) is 0 Å². The molecule has 4 heteroatoms. The van der Waals surface area contributed by atoms with E-state index in [1.54, 1.807) is 13.3 Å². The number of hydrogen-bond acceptors (Lipinski definition) is 3. The van der Waals surface area contributed by atoms with E-state index in [-0.39, 0.29) is 0 Å². The van der Waals surface area contributed by atoms with Gasteiger partial charge in [0.05, 0.1) is 12.6 Å². The first-order valence-electron chi connectivity index (χ1n) is 3.76. The van der Waals surface area contributed by atoms with E-state index in [0.717, 1.165) is 14.6 Å². The minimum Gasteiger partial charge on any atom is -0.481 e. The highest BCUT2D eigenvalue weighted by Crippen LogP contribution is 2.19. The van der Waals surface area contributed by atoms with Crippen LogP contribution < -0.4 is 4.74 Å². The predicted molar refractivity (Wildman–Crippen MR) is 58.8 cm³/mol. The molecule has 0 atom stereocenters. The van der Waals surface area contributed by atoms with Crippen LogP contribution in [0.15, 0.2) is 24.4 Å². The monoisotopic (exact) mass is 286 g/mol. The highest BCUT2D eigenvalue weighted by Gasteiger charge is 2.01. The Morgan fingerprint density at radius 1 is 1.31 bits per heavy atom. The molecule has 2 rings (SSSR count). The molecule has 0 radical (unpaired) electrons. The fraction of sp³-hybridized carbons (Fsp3) is 0.111. The minimum atomic E-state index is 0.624. The van der Waals surface area contributed by atoms with E-state index >= 15 is 0 Å². The molecular formula is C9H7IN2O. The third kappa shape index (κ3) is 1.58. The average molecular weight is 286 g/mol. The smallest absolute Gasteiger partial charge is 0.213 e. The molecule has 0 aliphatic heterocycles. The molecule has 0 aliphatic rings. The van der Waals surface area contributed by atoms with Gasteiger partial charge in [0.1, 0.15) is 5.52 Å². The predicted octanol–water partition coefficient (Wildman–Crippen LogP) is 2.24. The number of methoxy groups -OCH3 is 1. The van der Waals surface area contributed by atoms with E-state index in [4.69, 9.17) is 4.74 Å². The van der Waals surface area contributed by atoms with Crippen molar-refractivity contribution in [2.24, 2.45) is 0 Å². The summed E-state index contributed by atoms with van der Waals surface area (Å²) in [7, 11) is 1.61. The number of hydrogen-bond donors (Lipinski definition) is 0. The van der Waals surface area contributed by atoms with Crippen LogP contribution in [0.1, 0.15) is 0 Å². The van der Waals surface area contributed by atoms with Gasteiger partial charge >= 0.3 is 0 Å². The Hall–Kier alpha value is -0.910. The molecule has 2 aromatic rings. The Labute approximate surface area is 89.3 Å². The van der Waals surface area contributed by atoms with Gasteiger partial charge in [0.2, 0.25) is 5.88 Å². The van der Waals surface area contributed by atoms with Crippen LogP contribution in [-0.4, -0.2) is 17.1 Å². The van der Waals surface area contributed by atoms with E-state index in [1.807, 2.05) is 18.2 Å². The van der Waals surface area contributed by atoms with Gasteiger partial charge in [-0.25, -0.2) is 4.98 Å². The van der Waals surface area contributed by atoms with Gasteiger partial charge in [-0.15, -0.1) is 0 Å². The third-order valence-corrected chi connectivity index (χ3v) is 2.59. The number of pyridine rings is 2. The van der Waals surface area contributed by atoms with E-state index < -0.39 is 0 Å². The summed E-state index contributed by atoms with van der Waals surface area (Å²) in [5, 5.41) is 0. The molecule has 0 unspecified atom stereocenters. The second kappa shape index (κ2) is 3.45. The van der Waals surface area contributed by atoms with Gasteiger partial charge in [-0.2, -0.15) is 0 Å². The van der Waals surface area contributed by atoms with Crippen molar-refractivity contribution < 1.29 is 4.74 Å². The second-order valence-electron chi connectivity index (χ2n) is 2.51.